The molecule has 0 radical (unpaired) electrons. The number of carboxylic acid groups (broad SMARTS) is 1. The fraction of sp³-hybridized carbons (Fsp3) is 0.308. The highest BCUT2D eigenvalue weighted by Gasteiger charge is 2.38. The number of anilines is 3. The zero-order chi connectivity index (χ0) is 31.2. The molecule has 0 saturated carbocycles. The summed E-state index contributed by atoms with van der Waals surface area (Å²) in [5, 5.41) is 13.6. The minimum absolute atomic E-state index is 0.0127. The number of amides is 1. The first-order chi connectivity index (χ1) is 19.6. The highest BCUT2D eigenvalue weighted by atomic mass is 32.2. The van der Waals surface area contributed by atoms with Crippen LogP contribution in [0.5, 0.6) is 0 Å². The van der Waals surface area contributed by atoms with Gasteiger partial charge >= 0.3 is 12.1 Å². The van der Waals surface area contributed by atoms with Crippen LogP contribution >= 0.6 is 11.3 Å². The molecule has 0 aliphatic carbocycles. The highest BCUT2D eigenvalue weighted by Crippen LogP contribution is 2.31. The van der Waals surface area contributed by atoms with Crippen LogP contribution in [0.3, 0.4) is 0 Å². The van der Waals surface area contributed by atoms with Crippen molar-refractivity contribution >= 4 is 55.5 Å². The van der Waals surface area contributed by atoms with Crippen molar-refractivity contribution in [1.82, 2.24) is 15.2 Å². The SMILES string of the molecule is CN1CCC[C@H]1CNC(=O)c1ccc(Nc2nc(N)c(C(=O)c3ccccc3S(C)(=O)=O)s2)cc1.O=C(O)C(F)(F)F. The summed E-state index contributed by atoms with van der Waals surface area (Å²) in [7, 11) is -1.52. The number of alkyl halides is 3. The number of halogens is 3. The normalized spacial score (nSPS) is 15.4. The van der Waals surface area contributed by atoms with E-state index in [1.54, 1.807) is 36.4 Å². The summed E-state index contributed by atoms with van der Waals surface area (Å²) in [6, 6.07) is 13.3. The Bertz CT molecular complexity index is 1560. The molecule has 0 bridgehead atoms. The minimum Gasteiger partial charge on any atom is -0.475 e. The van der Waals surface area contributed by atoms with Crippen LogP contribution in [0, 0.1) is 0 Å². The molecular weight excluding hydrogens is 599 g/mol. The second-order valence-corrected chi connectivity index (χ2v) is 12.3. The quantitative estimate of drug-likeness (QED) is 0.271. The van der Waals surface area contributed by atoms with Crippen molar-refractivity contribution in [3.8, 4) is 0 Å². The van der Waals surface area contributed by atoms with Gasteiger partial charge in [-0.3, -0.25) is 9.59 Å². The number of carbonyl (C=O) groups is 3. The number of ketones is 1. The predicted octanol–water partition coefficient (Wildman–Crippen LogP) is 3.56. The molecular formula is C26H28F3N5O6S2. The molecule has 226 valence electrons. The second kappa shape index (κ2) is 13.3. The molecule has 1 fully saturated rings. The number of hydrogen-bond acceptors (Lipinski definition) is 10. The Balaban J connectivity index is 0.000000616. The maximum absolute atomic E-state index is 13.0. The minimum atomic E-state index is -5.08. The third-order valence-electron chi connectivity index (χ3n) is 6.20. The maximum Gasteiger partial charge on any atom is 0.490 e. The van der Waals surface area contributed by atoms with Gasteiger partial charge in [-0.1, -0.05) is 23.5 Å². The summed E-state index contributed by atoms with van der Waals surface area (Å²) >= 11 is 1.03. The number of sulfone groups is 1. The number of likely N-dealkylation sites (N-methyl/N-ethyl adjacent to an activating group) is 1. The van der Waals surface area contributed by atoms with Gasteiger partial charge in [0.15, 0.2) is 15.0 Å². The molecule has 5 N–H and O–H groups in total. The van der Waals surface area contributed by atoms with Gasteiger partial charge < -0.3 is 26.4 Å². The number of aliphatic carboxylic acids is 1. The molecule has 2 aromatic carbocycles. The number of nitrogens with two attached hydrogens (primary N) is 1. The van der Waals surface area contributed by atoms with Crippen LogP contribution in [0.4, 0.5) is 29.8 Å². The number of benzene rings is 2. The van der Waals surface area contributed by atoms with E-state index in [0.717, 1.165) is 37.0 Å². The van der Waals surface area contributed by atoms with Gasteiger partial charge in [-0.05, 0) is 62.8 Å². The summed E-state index contributed by atoms with van der Waals surface area (Å²) in [5.74, 6) is -3.38. The van der Waals surface area contributed by atoms with E-state index in [9.17, 15) is 31.2 Å². The Hall–Kier alpha value is -4.02. The maximum atomic E-state index is 13.0. The fourth-order valence-corrected chi connectivity index (χ4v) is 5.77. The predicted molar refractivity (Wildman–Crippen MR) is 151 cm³/mol. The molecule has 3 aromatic rings. The van der Waals surface area contributed by atoms with Gasteiger partial charge in [0.05, 0.1) is 4.90 Å². The molecule has 16 heteroatoms. The number of aromatic nitrogens is 1. The van der Waals surface area contributed by atoms with E-state index in [-0.39, 0.29) is 27.1 Å². The van der Waals surface area contributed by atoms with Crippen LogP contribution in [0.15, 0.2) is 53.4 Å². The van der Waals surface area contributed by atoms with Gasteiger partial charge in [-0.2, -0.15) is 13.2 Å². The molecule has 1 amide bonds. The molecule has 0 unspecified atom stereocenters. The molecule has 4 rings (SSSR count). The van der Waals surface area contributed by atoms with E-state index in [4.69, 9.17) is 15.6 Å². The monoisotopic (exact) mass is 627 g/mol. The van der Waals surface area contributed by atoms with Crippen LogP contribution in [-0.2, 0) is 14.6 Å². The number of rotatable bonds is 8. The summed E-state index contributed by atoms with van der Waals surface area (Å²) in [6.45, 7) is 1.67. The average Bonchev–Trinajstić information content (AvgIpc) is 3.50. The standard InChI is InChI=1S/C24H27N5O4S2.C2HF3O2/c1-29-13-5-6-17(29)14-26-23(31)15-9-11-16(12-10-15)27-24-28-22(25)21(34-24)20(30)18-7-3-4-8-19(18)35(2,32)33;3-2(4,5)1(6)7/h3-4,7-12,17H,5-6,13-14,25H2,1-2H3,(H,26,31)(H,27,28);(H,6,7)/t17-;/m0./s1. The lowest BCUT2D eigenvalue weighted by Gasteiger charge is -2.19. The number of carboxylic acids is 1. The van der Waals surface area contributed by atoms with Crippen molar-refractivity contribution in [2.75, 3.05) is 37.4 Å². The molecule has 42 heavy (non-hydrogen) atoms. The van der Waals surface area contributed by atoms with Crippen LogP contribution < -0.4 is 16.4 Å². The summed E-state index contributed by atoms with van der Waals surface area (Å²) < 4.78 is 55.9. The summed E-state index contributed by atoms with van der Waals surface area (Å²) in [4.78, 5) is 41.0. The number of carbonyl (C=O) groups excluding carboxylic acids is 2. The Morgan fingerprint density at radius 2 is 1.76 bits per heavy atom. The van der Waals surface area contributed by atoms with Crippen molar-refractivity contribution in [1.29, 1.82) is 0 Å². The Morgan fingerprint density at radius 3 is 2.31 bits per heavy atom. The van der Waals surface area contributed by atoms with Gasteiger partial charge in [0.1, 0.15) is 10.7 Å². The van der Waals surface area contributed by atoms with E-state index in [0.29, 0.717) is 29.0 Å². The zero-order valence-electron chi connectivity index (χ0n) is 22.4. The van der Waals surface area contributed by atoms with Gasteiger partial charge in [0, 0.05) is 35.7 Å². The lowest BCUT2D eigenvalue weighted by Crippen LogP contribution is -2.38. The van der Waals surface area contributed by atoms with Crippen LogP contribution in [0.2, 0.25) is 0 Å². The van der Waals surface area contributed by atoms with Gasteiger partial charge in [0.2, 0.25) is 5.78 Å². The average molecular weight is 628 g/mol. The topological polar surface area (TPSA) is 172 Å². The molecule has 2 heterocycles. The molecule has 11 nitrogen and oxygen atoms in total. The first-order valence-electron chi connectivity index (χ1n) is 12.3. The smallest absolute Gasteiger partial charge is 0.475 e. The second-order valence-electron chi connectivity index (χ2n) is 9.32. The third-order valence-corrected chi connectivity index (χ3v) is 8.34. The van der Waals surface area contributed by atoms with Crippen molar-refractivity contribution in [2.45, 2.75) is 30.0 Å². The molecule has 1 atom stereocenters. The Morgan fingerprint density at radius 1 is 1.14 bits per heavy atom. The summed E-state index contributed by atoms with van der Waals surface area (Å²) in [5.41, 5.74) is 7.25. The van der Waals surface area contributed by atoms with Gasteiger partial charge in [-0.25, -0.2) is 18.2 Å². The molecule has 1 aliphatic rings. The number of nitrogen functional groups attached to an aromatic ring is 1. The van der Waals surface area contributed by atoms with E-state index in [1.807, 2.05) is 0 Å². The first-order valence-corrected chi connectivity index (χ1v) is 15.0. The van der Waals surface area contributed by atoms with E-state index in [1.165, 1.54) is 12.1 Å². The largest absolute Gasteiger partial charge is 0.490 e. The highest BCUT2D eigenvalue weighted by molar-refractivity contribution is 7.90. The Labute approximate surface area is 243 Å². The number of likely N-dealkylation sites (tertiary alicyclic amines) is 1. The molecule has 1 aliphatic heterocycles. The lowest BCUT2D eigenvalue weighted by molar-refractivity contribution is -0.192. The number of nitrogens with one attached hydrogen (secondary N) is 2. The van der Waals surface area contributed by atoms with E-state index in [2.05, 4.69) is 27.6 Å². The molecule has 0 spiro atoms. The van der Waals surface area contributed by atoms with Crippen molar-refractivity contribution in [3.05, 3.63) is 64.5 Å². The molecule has 1 aromatic heterocycles. The number of hydrogen-bond donors (Lipinski definition) is 4. The van der Waals surface area contributed by atoms with E-state index >= 15 is 0 Å². The first kappa shape index (κ1) is 32.5. The van der Waals surface area contributed by atoms with Crippen molar-refractivity contribution < 1.29 is 41.1 Å². The fourth-order valence-electron chi connectivity index (χ4n) is 4.03. The van der Waals surface area contributed by atoms with Crippen LogP contribution in [0.1, 0.15) is 38.4 Å². The van der Waals surface area contributed by atoms with Crippen molar-refractivity contribution in [2.24, 2.45) is 0 Å². The zero-order valence-corrected chi connectivity index (χ0v) is 24.1. The Kier molecular flexibility index (Phi) is 10.3. The third kappa shape index (κ3) is 8.50. The lowest BCUT2D eigenvalue weighted by atomic mass is 10.1. The van der Waals surface area contributed by atoms with Gasteiger partial charge in [-0.15, -0.1) is 0 Å². The number of nitrogens with zero attached hydrogens (tertiary/aromatic N) is 2. The number of thiazole rings is 1. The van der Waals surface area contributed by atoms with E-state index < -0.39 is 27.8 Å². The van der Waals surface area contributed by atoms with Crippen LogP contribution in [0.25, 0.3) is 0 Å². The molecule has 1 saturated heterocycles. The van der Waals surface area contributed by atoms with Crippen molar-refractivity contribution in [3.63, 3.8) is 0 Å². The van der Waals surface area contributed by atoms with Gasteiger partial charge in [0.25, 0.3) is 5.91 Å². The summed E-state index contributed by atoms with van der Waals surface area (Å²) in [6.07, 6.45) is -1.80. The van der Waals surface area contributed by atoms with Crippen LogP contribution in [-0.4, -0.2) is 79.7 Å².